The fourth-order valence-electron chi connectivity index (χ4n) is 2.40. The monoisotopic (exact) mass is 424 g/mol. The molecular formula is C18H20N2O8S. The molecule has 0 fully saturated rings. The summed E-state index contributed by atoms with van der Waals surface area (Å²) in [6, 6.07) is 7.02. The number of esters is 1. The van der Waals surface area contributed by atoms with Crippen LogP contribution in [0.25, 0.3) is 0 Å². The van der Waals surface area contributed by atoms with Gasteiger partial charge in [-0.25, -0.2) is 17.9 Å². The number of ether oxygens (including phenoxy) is 3. The second-order valence-corrected chi connectivity index (χ2v) is 7.80. The first-order chi connectivity index (χ1) is 13.6. The average molecular weight is 424 g/mol. The lowest BCUT2D eigenvalue weighted by molar-refractivity contribution is -0.385. The Morgan fingerprint density at radius 2 is 1.72 bits per heavy atom. The van der Waals surface area contributed by atoms with Crippen LogP contribution < -0.4 is 18.9 Å². The Bertz CT molecular complexity index is 1030. The summed E-state index contributed by atoms with van der Waals surface area (Å²) in [6.07, 6.45) is 0. The van der Waals surface area contributed by atoms with E-state index in [1.54, 1.807) is 13.8 Å². The number of methoxy groups -OCH3 is 2. The van der Waals surface area contributed by atoms with Crippen molar-refractivity contribution in [3.63, 3.8) is 0 Å². The van der Waals surface area contributed by atoms with Crippen LogP contribution >= 0.6 is 0 Å². The van der Waals surface area contributed by atoms with Crippen molar-refractivity contribution >= 4 is 21.7 Å². The van der Waals surface area contributed by atoms with Crippen LogP contribution in [-0.4, -0.2) is 39.6 Å². The van der Waals surface area contributed by atoms with Crippen LogP contribution in [0.5, 0.6) is 17.2 Å². The van der Waals surface area contributed by atoms with Crippen LogP contribution in [0, 0.1) is 10.1 Å². The molecule has 0 heterocycles. The highest BCUT2D eigenvalue weighted by molar-refractivity contribution is 7.89. The Morgan fingerprint density at radius 3 is 2.28 bits per heavy atom. The number of hydrogen-bond donors (Lipinski definition) is 1. The molecule has 0 aliphatic rings. The average Bonchev–Trinajstić information content (AvgIpc) is 2.66. The fraction of sp³-hybridized carbons (Fsp3) is 0.278. The first-order valence-corrected chi connectivity index (χ1v) is 9.82. The second kappa shape index (κ2) is 8.88. The summed E-state index contributed by atoms with van der Waals surface area (Å²) in [7, 11) is -1.33. The molecule has 0 aliphatic carbocycles. The lowest BCUT2D eigenvalue weighted by Crippen LogP contribution is -2.30. The molecule has 156 valence electrons. The Kier molecular flexibility index (Phi) is 6.77. The quantitative estimate of drug-likeness (QED) is 0.296. The molecule has 0 unspecified atom stereocenters. The molecule has 0 amide bonds. The summed E-state index contributed by atoms with van der Waals surface area (Å²) >= 11 is 0. The van der Waals surface area contributed by atoms with E-state index in [2.05, 4.69) is 4.72 Å². The molecule has 10 nitrogen and oxygen atoms in total. The second-order valence-electron chi connectivity index (χ2n) is 6.12. The van der Waals surface area contributed by atoms with Crippen molar-refractivity contribution in [3.8, 4) is 17.2 Å². The number of nitro groups is 1. The number of nitrogens with one attached hydrogen (secondary N) is 1. The molecule has 0 saturated heterocycles. The molecule has 0 bridgehead atoms. The lowest BCUT2D eigenvalue weighted by atomic mass is 10.2. The van der Waals surface area contributed by atoms with Gasteiger partial charge in [0.15, 0.2) is 0 Å². The molecule has 2 aromatic carbocycles. The van der Waals surface area contributed by atoms with Crippen LogP contribution in [0.15, 0.2) is 41.3 Å². The van der Waals surface area contributed by atoms with Crippen LogP contribution in [0.4, 0.5) is 5.69 Å². The third-order valence-corrected chi connectivity index (χ3v) is 5.32. The largest absolute Gasteiger partial charge is 0.496 e. The summed E-state index contributed by atoms with van der Waals surface area (Å²) in [5, 5.41) is 11.2. The van der Waals surface area contributed by atoms with Gasteiger partial charge in [-0.15, -0.1) is 0 Å². The van der Waals surface area contributed by atoms with E-state index < -0.39 is 26.6 Å². The van der Waals surface area contributed by atoms with Crippen molar-refractivity contribution in [2.75, 3.05) is 14.2 Å². The van der Waals surface area contributed by atoms with Crippen LogP contribution in [0.3, 0.4) is 0 Å². The molecule has 1 N–H and O–H groups in total. The number of benzene rings is 2. The van der Waals surface area contributed by atoms with Crippen molar-refractivity contribution in [1.82, 2.24) is 4.72 Å². The Balaban J connectivity index is 2.42. The van der Waals surface area contributed by atoms with Gasteiger partial charge in [0.05, 0.1) is 30.8 Å². The highest BCUT2D eigenvalue weighted by Gasteiger charge is 2.25. The standard InChI is InChI=1S/C18H20N2O8S/c1-11(2)19-29(24,25)17-9-12(5-7-16(17)27-4)18(21)28-15-8-6-13(26-3)10-14(15)20(22)23/h5-11,19H,1-4H3. The third-order valence-electron chi connectivity index (χ3n) is 3.65. The van der Waals surface area contributed by atoms with Gasteiger partial charge in [0.2, 0.25) is 15.8 Å². The number of rotatable bonds is 8. The minimum Gasteiger partial charge on any atom is -0.496 e. The van der Waals surface area contributed by atoms with E-state index in [0.29, 0.717) is 0 Å². The summed E-state index contributed by atoms with van der Waals surface area (Å²) in [4.78, 5) is 22.8. The smallest absolute Gasteiger partial charge is 0.343 e. The number of carbonyl (C=O) groups excluding carboxylic acids is 1. The minimum atomic E-state index is -3.97. The van der Waals surface area contributed by atoms with E-state index in [1.165, 1.54) is 38.5 Å². The maximum Gasteiger partial charge on any atom is 0.343 e. The first kappa shape index (κ1) is 22.1. The molecule has 2 rings (SSSR count). The minimum absolute atomic E-state index is 0.0325. The molecule has 0 saturated carbocycles. The molecular weight excluding hydrogens is 404 g/mol. The zero-order valence-electron chi connectivity index (χ0n) is 16.2. The van der Waals surface area contributed by atoms with Crippen LogP contribution in [0.2, 0.25) is 0 Å². The summed E-state index contributed by atoms with van der Waals surface area (Å²) < 4.78 is 42.6. The highest BCUT2D eigenvalue weighted by Crippen LogP contribution is 2.32. The number of sulfonamides is 1. The predicted molar refractivity (Wildman–Crippen MR) is 103 cm³/mol. The number of nitrogens with zero attached hydrogens (tertiary/aromatic N) is 1. The zero-order chi connectivity index (χ0) is 21.8. The predicted octanol–water partition coefficient (Wildman–Crippen LogP) is 2.52. The normalized spacial score (nSPS) is 11.2. The van der Waals surface area contributed by atoms with Gasteiger partial charge in [-0.1, -0.05) is 0 Å². The number of nitro benzene ring substituents is 1. The Labute approximate surface area is 167 Å². The van der Waals surface area contributed by atoms with E-state index in [4.69, 9.17) is 14.2 Å². The molecule has 0 spiro atoms. The van der Waals surface area contributed by atoms with E-state index >= 15 is 0 Å². The maximum absolute atomic E-state index is 12.5. The molecule has 0 atom stereocenters. The molecule has 0 aromatic heterocycles. The molecule has 2 aromatic rings. The topological polar surface area (TPSA) is 134 Å². The number of carbonyl (C=O) groups is 1. The Hall–Kier alpha value is -3.18. The van der Waals surface area contributed by atoms with Gasteiger partial charge in [-0.2, -0.15) is 0 Å². The summed E-state index contributed by atoms with van der Waals surface area (Å²) in [6.45, 7) is 3.29. The lowest BCUT2D eigenvalue weighted by Gasteiger charge is -2.14. The van der Waals surface area contributed by atoms with E-state index in [9.17, 15) is 23.3 Å². The van der Waals surface area contributed by atoms with E-state index in [1.807, 2.05) is 0 Å². The van der Waals surface area contributed by atoms with Crippen molar-refractivity contribution < 1.29 is 32.3 Å². The van der Waals surface area contributed by atoms with Gasteiger partial charge >= 0.3 is 11.7 Å². The van der Waals surface area contributed by atoms with Crippen molar-refractivity contribution in [1.29, 1.82) is 0 Å². The molecule has 0 radical (unpaired) electrons. The SMILES string of the molecule is COc1ccc(OC(=O)c2ccc(OC)c(S(=O)(=O)NC(C)C)c2)c([N+](=O)[O-])c1. The van der Waals surface area contributed by atoms with Gasteiger partial charge in [0.1, 0.15) is 16.4 Å². The zero-order valence-corrected chi connectivity index (χ0v) is 17.0. The third kappa shape index (κ3) is 5.21. The summed E-state index contributed by atoms with van der Waals surface area (Å²) in [5.74, 6) is -1.03. The van der Waals surface area contributed by atoms with Gasteiger partial charge < -0.3 is 14.2 Å². The van der Waals surface area contributed by atoms with Gasteiger partial charge in [-0.3, -0.25) is 10.1 Å². The van der Waals surface area contributed by atoms with Crippen molar-refractivity contribution in [2.45, 2.75) is 24.8 Å². The maximum atomic E-state index is 12.5. The Morgan fingerprint density at radius 1 is 1.07 bits per heavy atom. The van der Waals surface area contributed by atoms with Crippen molar-refractivity contribution in [3.05, 3.63) is 52.1 Å². The van der Waals surface area contributed by atoms with Gasteiger partial charge in [-0.05, 0) is 44.2 Å². The number of hydrogen-bond acceptors (Lipinski definition) is 8. The molecule has 29 heavy (non-hydrogen) atoms. The molecule has 11 heteroatoms. The highest BCUT2D eigenvalue weighted by atomic mass is 32.2. The van der Waals surface area contributed by atoms with E-state index in [0.717, 1.165) is 12.1 Å². The molecule has 0 aliphatic heterocycles. The summed E-state index contributed by atoms with van der Waals surface area (Å²) in [5.41, 5.74) is -0.597. The fourth-order valence-corrected chi connectivity index (χ4v) is 3.85. The van der Waals surface area contributed by atoms with Crippen molar-refractivity contribution in [2.24, 2.45) is 0 Å². The van der Waals surface area contributed by atoms with E-state index in [-0.39, 0.29) is 33.7 Å². The van der Waals surface area contributed by atoms with Gasteiger partial charge in [0.25, 0.3) is 0 Å². The van der Waals surface area contributed by atoms with Gasteiger partial charge in [0, 0.05) is 6.04 Å². The van der Waals surface area contributed by atoms with Crippen LogP contribution in [0.1, 0.15) is 24.2 Å². The first-order valence-electron chi connectivity index (χ1n) is 8.34. The van der Waals surface area contributed by atoms with Crippen LogP contribution in [-0.2, 0) is 10.0 Å².